The van der Waals surface area contributed by atoms with Crippen molar-refractivity contribution in [2.45, 2.75) is 44.2 Å². The first kappa shape index (κ1) is 15.6. The van der Waals surface area contributed by atoms with Gasteiger partial charge in [-0.15, -0.1) is 0 Å². The lowest BCUT2D eigenvalue weighted by atomic mass is 9.91. The number of aryl methyl sites for hydroxylation is 1. The van der Waals surface area contributed by atoms with Crippen molar-refractivity contribution in [3.8, 4) is 0 Å². The molecule has 0 saturated carbocycles. The molecule has 0 aliphatic heterocycles. The maximum absolute atomic E-state index is 11.2. The lowest BCUT2D eigenvalue weighted by Crippen LogP contribution is -2.35. The highest BCUT2D eigenvalue weighted by molar-refractivity contribution is 5.87. The van der Waals surface area contributed by atoms with Gasteiger partial charge in [-0.05, 0) is 54.9 Å². The Morgan fingerprint density at radius 1 is 1.12 bits per heavy atom. The van der Waals surface area contributed by atoms with E-state index in [2.05, 4.69) is 34.6 Å². The predicted octanol–water partition coefficient (Wildman–Crippen LogP) is 4.10. The molecule has 1 unspecified atom stereocenters. The van der Waals surface area contributed by atoms with Crippen molar-refractivity contribution in [3.63, 3.8) is 0 Å². The molecule has 0 bridgehead atoms. The highest BCUT2D eigenvalue weighted by Crippen LogP contribution is 2.37. The molecule has 2 aliphatic rings. The Kier molecular flexibility index (Phi) is 3.57. The average molecular weight is 348 g/mol. The Hall–Kier alpha value is -2.66. The fourth-order valence-corrected chi connectivity index (χ4v) is 4.70. The van der Waals surface area contributed by atoms with Crippen LogP contribution in [0, 0.1) is 4.91 Å². The van der Waals surface area contributed by atoms with Crippen LogP contribution in [0.3, 0.4) is 0 Å². The summed E-state index contributed by atoms with van der Waals surface area (Å²) in [6.07, 6.45) is 5.42. The summed E-state index contributed by atoms with van der Waals surface area (Å²) in [6.45, 7) is 0. The van der Waals surface area contributed by atoms with Gasteiger partial charge < -0.3 is 10.3 Å². The molecule has 1 heterocycles. The van der Waals surface area contributed by atoms with Crippen LogP contribution in [0.25, 0.3) is 10.9 Å². The van der Waals surface area contributed by atoms with Crippen LogP contribution in [-0.4, -0.2) is 21.2 Å². The molecule has 0 fully saturated rings. The monoisotopic (exact) mass is 348 g/mol. The Morgan fingerprint density at radius 2 is 1.88 bits per heavy atom. The lowest BCUT2D eigenvalue weighted by molar-refractivity contribution is -0.729. The van der Waals surface area contributed by atoms with E-state index in [1.165, 1.54) is 22.4 Å². The Bertz CT molecular complexity index is 983. The van der Waals surface area contributed by atoms with Gasteiger partial charge in [0.2, 0.25) is 0 Å². The number of hydrogen-bond donors (Lipinski definition) is 3. The third kappa shape index (κ3) is 2.51. The van der Waals surface area contributed by atoms with E-state index in [0.29, 0.717) is 12.1 Å². The number of nitrogens with one attached hydrogen (secondary N) is 2. The number of benzene rings is 2. The molecule has 26 heavy (non-hydrogen) atoms. The van der Waals surface area contributed by atoms with E-state index < -0.39 is 0 Å². The summed E-state index contributed by atoms with van der Waals surface area (Å²) < 4.78 is 0. The van der Waals surface area contributed by atoms with Crippen molar-refractivity contribution in [2.75, 3.05) is 0 Å². The van der Waals surface area contributed by atoms with Crippen molar-refractivity contribution in [1.29, 1.82) is 0 Å². The van der Waals surface area contributed by atoms with Gasteiger partial charge in [0.25, 0.3) is 4.92 Å². The second-order valence-electron chi connectivity index (χ2n) is 7.51. The minimum atomic E-state index is -0.0624. The third-order valence-corrected chi connectivity index (χ3v) is 5.90. The molecule has 1 atom stereocenters. The number of H-pyrrole nitrogens is 1. The zero-order valence-electron chi connectivity index (χ0n) is 14.5. The molecular weight excluding hydrogens is 326 g/mol. The van der Waals surface area contributed by atoms with Crippen LogP contribution in [0.5, 0.6) is 0 Å². The smallest absolute Gasteiger partial charge is 0.317 e. The zero-order valence-corrected chi connectivity index (χ0v) is 14.5. The third-order valence-electron chi connectivity index (χ3n) is 5.90. The molecule has 5 nitrogen and oxygen atoms in total. The van der Waals surface area contributed by atoms with Crippen molar-refractivity contribution in [2.24, 2.45) is 0 Å². The van der Waals surface area contributed by atoms with Gasteiger partial charge >= 0.3 is 5.69 Å². The molecular formula is C21H22N3O2+. The quantitative estimate of drug-likeness (QED) is 0.624. The molecule has 132 valence electrons. The molecule has 2 aliphatic carbocycles. The fourth-order valence-electron chi connectivity index (χ4n) is 4.70. The summed E-state index contributed by atoms with van der Waals surface area (Å²) in [5, 5.41) is 14.1. The standard InChI is InChI=1S/C21H22N3O2/c25-24(26)16-8-9-19-18(12-16)17-6-3-7-20(21(17)23-19)22-15-10-13-4-1-2-5-14(13)11-15/h1-2,4-5,8-9,12,15,20,22-23H,3,6-7,10-11H2,(H,25,26)/q+1. The zero-order chi connectivity index (χ0) is 17.7. The Morgan fingerprint density at radius 3 is 2.62 bits per heavy atom. The fraction of sp³-hybridized carbons (Fsp3) is 0.333. The van der Waals surface area contributed by atoms with Gasteiger partial charge in [0.15, 0.2) is 0 Å². The molecule has 3 aromatic rings. The van der Waals surface area contributed by atoms with Crippen LogP contribution in [0.4, 0.5) is 5.69 Å². The Labute approximate surface area is 151 Å². The molecule has 1 aromatic heterocycles. The topological polar surface area (TPSA) is 68.1 Å². The van der Waals surface area contributed by atoms with Gasteiger partial charge in [-0.3, -0.25) is 0 Å². The molecule has 0 spiro atoms. The minimum Gasteiger partial charge on any atom is -0.357 e. The summed E-state index contributed by atoms with van der Waals surface area (Å²) in [6, 6.07) is 14.8. The predicted molar refractivity (Wildman–Crippen MR) is 99.8 cm³/mol. The number of fused-ring (bicyclic) bond motifs is 4. The minimum absolute atomic E-state index is 0.0624. The van der Waals surface area contributed by atoms with Crippen LogP contribution in [0.2, 0.25) is 0 Å². The molecule has 0 amide bonds. The first-order valence-electron chi connectivity index (χ1n) is 9.32. The molecule has 3 N–H and O–H groups in total. The van der Waals surface area contributed by atoms with Crippen molar-refractivity contribution >= 4 is 16.6 Å². The average Bonchev–Trinajstić information content (AvgIpc) is 3.22. The molecule has 2 aromatic carbocycles. The second-order valence-corrected chi connectivity index (χ2v) is 7.51. The van der Waals surface area contributed by atoms with E-state index >= 15 is 0 Å². The van der Waals surface area contributed by atoms with Gasteiger partial charge in [-0.2, -0.15) is 0 Å². The summed E-state index contributed by atoms with van der Waals surface area (Å²) in [4.78, 5) is 14.7. The summed E-state index contributed by atoms with van der Waals surface area (Å²) >= 11 is 0. The van der Waals surface area contributed by atoms with Crippen LogP contribution in [0.15, 0.2) is 42.5 Å². The number of rotatable bonds is 3. The number of aromatic nitrogens is 1. The molecule has 5 rings (SSSR count). The van der Waals surface area contributed by atoms with Crippen LogP contribution >= 0.6 is 0 Å². The molecule has 0 radical (unpaired) electrons. The largest absolute Gasteiger partial charge is 0.357 e. The summed E-state index contributed by atoms with van der Waals surface area (Å²) in [5.74, 6) is 0. The number of hydrogen-bond acceptors (Lipinski definition) is 2. The van der Waals surface area contributed by atoms with Gasteiger partial charge in [-0.1, -0.05) is 24.3 Å². The normalized spacial score (nSPS) is 19.5. The SMILES string of the molecule is O=[N+](O)c1ccc2[nH]c3c(c2c1)CCCC3NC1Cc2ccccc2C1. The Balaban J connectivity index is 1.45. The van der Waals surface area contributed by atoms with E-state index in [9.17, 15) is 10.1 Å². The van der Waals surface area contributed by atoms with Crippen molar-refractivity contribution in [1.82, 2.24) is 10.3 Å². The summed E-state index contributed by atoms with van der Waals surface area (Å²) in [7, 11) is 0. The van der Waals surface area contributed by atoms with E-state index in [-0.39, 0.29) is 10.6 Å². The van der Waals surface area contributed by atoms with Gasteiger partial charge in [0.1, 0.15) is 0 Å². The first-order valence-corrected chi connectivity index (χ1v) is 9.32. The van der Waals surface area contributed by atoms with E-state index in [1.807, 2.05) is 6.07 Å². The van der Waals surface area contributed by atoms with Gasteiger partial charge in [0.05, 0.1) is 4.91 Å². The van der Waals surface area contributed by atoms with Crippen LogP contribution < -0.4 is 5.32 Å². The summed E-state index contributed by atoms with van der Waals surface area (Å²) in [5.41, 5.74) is 6.75. The first-order chi connectivity index (χ1) is 12.7. The van der Waals surface area contributed by atoms with Crippen LogP contribution in [-0.2, 0) is 19.3 Å². The second kappa shape index (κ2) is 5.95. The number of aromatic amines is 1. The maximum Gasteiger partial charge on any atom is 0.317 e. The molecule has 0 saturated heterocycles. The van der Waals surface area contributed by atoms with Gasteiger partial charge in [0, 0.05) is 40.8 Å². The maximum atomic E-state index is 11.2. The lowest BCUT2D eigenvalue weighted by Gasteiger charge is -2.27. The highest BCUT2D eigenvalue weighted by Gasteiger charge is 2.29. The van der Waals surface area contributed by atoms with E-state index in [4.69, 9.17) is 0 Å². The van der Waals surface area contributed by atoms with Crippen LogP contribution in [0.1, 0.15) is 41.3 Å². The highest BCUT2D eigenvalue weighted by atomic mass is 16.6. The van der Waals surface area contributed by atoms with Crippen molar-refractivity contribution in [3.05, 3.63) is 69.8 Å². The van der Waals surface area contributed by atoms with E-state index in [1.54, 1.807) is 12.1 Å². The molecule has 5 heteroatoms. The van der Waals surface area contributed by atoms with Gasteiger partial charge in [-0.25, -0.2) is 5.21 Å². The number of nitrogens with zero attached hydrogens (tertiary/aromatic N) is 1. The van der Waals surface area contributed by atoms with E-state index in [0.717, 1.165) is 43.0 Å². The van der Waals surface area contributed by atoms with Crippen molar-refractivity contribution < 1.29 is 10.1 Å².